The molecule has 17 nitrogen and oxygen atoms in total. The minimum atomic E-state index is -4.38. The lowest BCUT2D eigenvalue weighted by molar-refractivity contribution is -0.152. The monoisotopic (exact) mass is 1080 g/mol. The topological polar surface area (TPSA) is 208 Å². The van der Waals surface area contributed by atoms with E-state index in [4.69, 9.17) is 5.11 Å². The number of nitrogens with zero attached hydrogens (tertiary/aromatic N) is 9. The molecular formula is C50H54F6N10O7S2. The lowest BCUT2D eigenvalue weighted by Gasteiger charge is -2.17. The smallest absolute Gasteiger partial charge is 0.389 e. The van der Waals surface area contributed by atoms with Crippen molar-refractivity contribution in [3.63, 3.8) is 0 Å². The van der Waals surface area contributed by atoms with Crippen LogP contribution in [-0.4, -0.2) is 114 Å². The Hall–Kier alpha value is -6.86. The van der Waals surface area contributed by atoms with Crippen LogP contribution in [0.4, 0.5) is 26.3 Å². The summed E-state index contributed by atoms with van der Waals surface area (Å²) in [6, 6.07) is 16.9. The third-order valence-corrected chi connectivity index (χ3v) is 17.0. The first-order chi connectivity index (χ1) is 35.4. The maximum absolute atomic E-state index is 13.4. The number of carboxylic acids is 1. The van der Waals surface area contributed by atoms with Crippen LogP contribution in [0.1, 0.15) is 86.7 Å². The number of carboxylic acid groups (broad SMARTS) is 1. The van der Waals surface area contributed by atoms with Gasteiger partial charge in [0.15, 0.2) is 22.6 Å². The fraction of sp³-hybridized carbons (Fsp3) is 0.400. The summed E-state index contributed by atoms with van der Waals surface area (Å²) in [6.45, 7) is 10.5. The van der Waals surface area contributed by atoms with Gasteiger partial charge in [-0.2, -0.15) is 26.3 Å². The standard InChI is InChI=1S/C25H26F3N5O3S.C21H23N5O2S.C4H5F3O2/c1-3-17-14-31(23(34)8-10-25(26,27)28)15-19(17)21-12-29-22-13-30-24-20(33(21)22)9-11-32(24)37(35,36)18-6-4-16(2)5-7-18;1-3-15-10-22-11-17(15)19-12-23-20-13-24-21-18(26(19)20)8-9-25(21)29(27,28)16-6-4-14(2)5-7-16;5-4(6,7)2-1-3(8)9/h4-7,9,11-13,17,19H,3,8,10,14-15H2,1-2H3;4-9,12-13,15,17,22H,3,10-11H2,1-2H3;1-2H2,(H,8,9)/t17-,19+;15-,17+;/m11./s1. The van der Waals surface area contributed by atoms with Crippen LogP contribution in [0.2, 0.25) is 0 Å². The Labute approximate surface area is 427 Å². The number of carbonyl (C=O) groups excluding carboxylic acids is 1. The number of halogens is 6. The van der Waals surface area contributed by atoms with Crippen LogP contribution in [-0.2, 0) is 29.6 Å². The van der Waals surface area contributed by atoms with Gasteiger partial charge in [-0.05, 0) is 68.6 Å². The van der Waals surface area contributed by atoms with Crippen molar-refractivity contribution in [2.24, 2.45) is 11.8 Å². The molecule has 0 bridgehead atoms. The summed E-state index contributed by atoms with van der Waals surface area (Å²) in [4.78, 5) is 41.8. The second-order valence-corrected chi connectivity index (χ2v) is 22.3. The predicted octanol–water partition coefficient (Wildman–Crippen LogP) is 8.88. The van der Waals surface area contributed by atoms with Gasteiger partial charge in [0.05, 0.1) is 52.5 Å². The van der Waals surface area contributed by atoms with E-state index in [9.17, 15) is 52.8 Å². The van der Waals surface area contributed by atoms with Crippen molar-refractivity contribution >= 4 is 65.5 Å². The zero-order chi connectivity index (χ0) is 54.2. The zero-order valence-corrected chi connectivity index (χ0v) is 42.8. The van der Waals surface area contributed by atoms with E-state index in [1.54, 1.807) is 73.2 Å². The first kappa shape index (κ1) is 54.4. The number of aryl methyl sites for hydroxylation is 2. The third-order valence-electron chi connectivity index (χ3n) is 13.7. The molecule has 0 aliphatic carbocycles. The Morgan fingerprint density at radius 1 is 0.613 bits per heavy atom. The van der Waals surface area contributed by atoms with Crippen molar-refractivity contribution in [2.45, 2.75) is 100 Å². The van der Waals surface area contributed by atoms with Gasteiger partial charge in [-0.3, -0.25) is 18.4 Å². The van der Waals surface area contributed by atoms with Crippen LogP contribution in [0.5, 0.6) is 0 Å². The van der Waals surface area contributed by atoms with Crippen molar-refractivity contribution < 1.29 is 57.9 Å². The molecule has 2 saturated heterocycles. The van der Waals surface area contributed by atoms with Crippen molar-refractivity contribution in [2.75, 3.05) is 26.2 Å². The van der Waals surface area contributed by atoms with Gasteiger partial charge in [0.1, 0.15) is 0 Å². The number of imidazole rings is 2. The Balaban J connectivity index is 0.000000175. The molecule has 0 saturated carbocycles. The first-order valence-corrected chi connectivity index (χ1v) is 26.9. The number of hydrogen-bond donors (Lipinski definition) is 2. The number of aliphatic carboxylic acids is 1. The molecule has 400 valence electrons. The van der Waals surface area contributed by atoms with E-state index in [-0.39, 0.29) is 33.8 Å². The third kappa shape index (κ3) is 11.5. The predicted molar refractivity (Wildman–Crippen MR) is 265 cm³/mol. The number of fused-ring (bicyclic) bond motifs is 6. The SMILES string of the molecule is CC[C@@H]1CN(C(=O)CCC(F)(F)F)C[C@@H]1c1cnc2cnc3c(ccn3S(=O)(=O)c3ccc(C)cc3)n12.CC[C@@H]1CNC[C@@H]1c1cnc2cnc3c(ccn3S(=O)(=O)c3ccc(C)cc3)n12.O=C(O)CCC(F)(F)F. The molecule has 75 heavy (non-hydrogen) atoms. The zero-order valence-electron chi connectivity index (χ0n) is 41.1. The molecule has 0 unspecified atom stereocenters. The van der Waals surface area contributed by atoms with Crippen LogP contribution in [0.3, 0.4) is 0 Å². The number of rotatable bonds is 12. The molecule has 8 aromatic rings. The van der Waals surface area contributed by atoms with E-state index in [2.05, 4.69) is 36.6 Å². The largest absolute Gasteiger partial charge is 0.481 e. The number of amides is 1. The summed E-state index contributed by atoms with van der Waals surface area (Å²) >= 11 is 0. The number of benzene rings is 2. The average Bonchev–Trinajstić information content (AvgIpc) is 4.23. The molecule has 25 heteroatoms. The molecule has 2 aliphatic rings. The fourth-order valence-electron chi connectivity index (χ4n) is 9.64. The van der Waals surface area contributed by atoms with E-state index in [1.165, 1.54) is 21.3 Å². The molecule has 1 amide bonds. The van der Waals surface area contributed by atoms with Crippen molar-refractivity contribution in [1.29, 1.82) is 0 Å². The van der Waals surface area contributed by atoms with Crippen LogP contribution < -0.4 is 5.32 Å². The van der Waals surface area contributed by atoms with Crippen LogP contribution in [0, 0.1) is 25.7 Å². The lowest BCUT2D eigenvalue weighted by atomic mass is 9.91. The molecule has 0 spiro atoms. The van der Waals surface area contributed by atoms with Crippen LogP contribution >= 0.6 is 0 Å². The Morgan fingerprint density at radius 2 is 1.07 bits per heavy atom. The van der Waals surface area contributed by atoms with Crippen molar-refractivity contribution in [3.05, 3.63) is 120 Å². The highest BCUT2D eigenvalue weighted by Gasteiger charge is 2.39. The van der Waals surface area contributed by atoms with Gasteiger partial charge >= 0.3 is 18.3 Å². The molecule has 10 rings (SSSR count). The van der Waals surface area contributed by atoms with Gasteiger partial charge < -0.3 is 15.3 Å². The highest BCUT2D eigenvalue weighted by molar-refractivity contribution is 7.90. The molecule has 2 aromatic carbocycles. The molecule has 8 heterocycles. The second-order valence-electron chi connectivity index (χ2n) is 18.7. The number of carbonyl (C=O) groups is 2. The summed E-state index contributed by atoms with van der Waals surface area (Å²) in [5.41, 5.74) is 7.02. The number of likely N-dealkylation sites (tertiary alicyclic amines) is 1. The number of aromatic nitrogens is 8. The molecule has 2 fully saturated rings. The molecular weight excluding hydrogens is 1030 g/mol. The number of alkyl halides is 6. The first-order valence-electron chi connectivity index (χ1n) is 24.1. The summed E-state index contributed by atoms with van der Waals surface area (Å²) in [7, 11) is -7.63. The maximum Gasteiger partial charge on any atom is 0.389 e. The minimum absolute atomic E-state index is 0.0244. The molecule has 2 aliphatic heterocycles. The lowest BCUT2D eigenvalue weighted by Crippen LogP contribution is -2.30. The highest BCUT2D eigenvalue weighted by atomic mass is 32.2. The normalized spacial score (nSPS) is 18.4. The Kier molecular flexibility index (Phi) is 15.5. The number of hydrogen-bond acceptors (Lipinski definition) is 11. The van der Waals surface area contributed by atoms with Crippen LogP contribution in [0.15, 0.2) is 108 Å². The summed E-state index contributed by atoms with van der Waals surface area (Å²) < 4.78 is 131. The van der Waals surface area contributed by atoms with E-state index < -0.39 is 70.0 Å². The Bertz CT molecular complexity index is 3590. The molecule has 0 radical (unpaired) electrons. The van der Waals surface area contributed by atoms with Gasteiger partial charge in [-0.1, -0.05) is 62.1 Å². The Morgan fingerprint density at radius 3 is 1.49 bits per heavy atom. The van der Waals surface area contributed by atoms with E-state index in [0.29, 0.717) is 35.2 Å². The van der Waals surface area contributed by atoms with E-state index in [1.807, 2.05) is 37.4 Å². The summed E-state index contributed by atoms with van der Waals surface area (Å²) in [5, 5.41) is 11.2. The average molecular weight is 1090 g/mol. The highest BCUT2D eigenvalue weighted by Crippen LogP contribution is 2.38. The van der Waals surface area contributed by atoms with Crippen molar-refractivity contribution in [3.8, 4) is 0 Å². The number of nitrogens with one attached hydrogen (secondary N) is 1. The van der Waals surface area contributed by atoms with Gasteiger partial charge in [0, 0.05) is 74.1 Å². The molecule has 6 aromatic heterocycles. The molecule has 4 atom stereocenters. The minimum Gasteiger partial charge on any atom is -0.481 e. The van der Waals surface area contributed by atoms with Gasteiger partial charge in [0.2, 0.25) is 5.91 Å². The maximum atomic E-state index is 13.4. The van der Waals surface area contributed by atoms with Gasteiger partial charge in [-0.25, -0.2) is 44.7 Å². The van der Waals surface area contributed by atoms with Crippen molar-refractivity contribution in [1.82, 2.24) is 46.9 Å². The van der Waals surface area contributed by atoms with E-state index >= 15 is 0 Å². The van der Waals surface area contributed by atoms with E-state index in [0.717, 1.165) is 63.6 Å². The molecule has 2 N–H and O–H groups in total. The van der Waals surface area contributed by atoms with Gasteiger partial charge in [0.25, 0.3) is 20.0 Å². The fourth-order valence-corrected chi connectivity index (χ4v) is 12.2. The summed E-state index contributed by atoms with van der Waals surface area (Å²) in [5.74, 6) is -1.20. The van der Waals surface area contributed by atoms with Crippen LogP contribution in [0.25, 0.3) is 33.6 Å². The second kappa shape index (κ2) is 21.4. The van der Waals surface area contributed by atoms with Gasteiger partial charge in [-0.15, -0.1) is 0 Å². The summed E-state index contributed by atoms with van der Waals surface area (Å²) in [6.07, 6.45) is -0.972. The quantitative estimate of drug-likeness (QED) is 0.110.